The number of carbonyl (C=O) groups is 1. The summed E-state index contributed by atoms with van der Waals surface area (Å²) in [6.45, 7) is 6.87. The molecular formula is C17H25NO2. The van der Waals surface area contributed by atoms with Gasteiger partial charge in [-0.1, -0.05) is 45.0 Å². The van der Waals surface area contributed by atoms with Crippen molar-refractivity contribution in [3.63, 3.8) is 0 Å². The predicted molar refractivity (Wildman–Crippen MR) is 83.3 cm³/mol. The fourth-order valence-corrected chi connectivity index (χ4v) is 1.81. The summed E-state index contributed by atoms with van der Waals surface area (Å²) >= 11 is 0. The van der Waals surface area contributed by atoms with E-state index in [2.05, 4.69) is 24.4 Å². The maximum atomic E-state index is 11.7. The first-order valence-electron chi connectivity index (χ1n) is 7.12. The Labute approximate surface area is 121 Å². The summed E-state index contributed by atoms with van der Waals surface area (Å²) in [7, 11) is 0. The average molecular weight is 275 g/mol. The summed E-state index contributed by atoms with van der Waals surface area (Å²) in [6, 6.07) is 8.17. The third kappa shape index (κ3) is 6.02. The van der Waals surface area contributed by atoms with Crippen molar-refractivity contribution in [1.82, 2.24) is 5.32 Å². The second-order valence-corrected chi connectivity index (χ2v) is 5.78. The van der Waals surface area contributed by atoms with Gasteiger partial charge in [0.15, 0.2) is 0 Å². The number of benzene rings is 1. The molecule has 0 unspecified atom stereocenters. The van der Waals surface area contributed by atoms with Crippen LogP contribution in [0.1, 0.15) is 38.3 Å². The highest BCUT2D eigenvalue weighted by Crippen LogP contribution is 2.17. The second-order valence-electron chi connectivity index (χ2n) is 5.78. The maximum absolute atomic E-state index is 11.7. The van der Waals surface area contributed by atoms with Crippen LogP contribution in [0.25, 0.3) is 6.08 Å². The zero-order valence-corrected chi connectivity index (χ0v) is 12.6. The van der Waals surface area contributed by atoms with Gasteiger partial charge in [-0.2, -0.15) is 0 Å². The molecule has 0 saturated heterocycles. The number of hydrogen-bond donors (Lipinski definition) is 2. The molecule has 0 aliphatic carbocycles. The van der Waals surface area contributed by atoms with Gasteiger partial charge < -0.3 is 10.4 Å². The zero-order chi connectivity index (χ0) is 15.0. The molecule has 3 nitrogen and oxygen atoms in total. The van der Waals surface area contributed by atoms with Gasteiger partial charge in [-0.05, 0) is 35.5 Å². The fourth-order valence-electron chi connectivity index (χ4n) is 1.81. The third-order valence-electron chi connectivity index (χ3n) is 3.34. The van der Waals surface area contributed by atoms with Crippen LogP contribution < -0.4 is 5.32 Å². The predicted octanol–water partition coefficient (Wildman–Crippen LogP) is 2.79. The minimum atomic E-state index is -0.101. The van der Waals surface area contributed by atoms with Crippen LogP contribution in [0.3, 0.4) is 0 Å². The monoisotopic (exact) mass is 275 g/mol. The van der Waals surface area contributed by atoms with Crippen molar-refractivity contribution in [2.24, 2.45) is 5.41 Å². The molecule has 0 radical (unpaired) electrons. The number of aliphatic hydroxyl groups excluding tert-OH is 1. The number of hydrogen-bond acceptors (Lipinski definition) is 2. The van der Waals surface area contributed by atoms with E-state index in [1.165, 1.54) is 5.56 Å². The van der Waals surface area contributed by atoms with Crippen molar-refractivity contribution < 1.29 is 9.90 Å². The minimum absolute atomic E-state index is 0.0823. The van der Waals surface area contributed by atoms with Gasteiger partial charge in [-0.25, -0.2) is 0 Å². The van der Waals surface area contributed by atoms with Crippen LogP contribution in [0.2, 0.25) is 0 Å². The largest absolute Gasteiger partial charge is 0.396 e. The van der Waals surface area contributed by atoms with E-state index < -0.39 is 0 Å². The molecule has 2 N–H and O–H groups in total. The van der Waals surface area contributed by atoms with Crippen molar-refractivity contribution in [2.45, 2.75) is 33.6 Å². The molecule has 0 saturated carbocycles. The van der Waals surface area contributed by atoms with Gasteiger partial charge in [0.1, 0.15) is 0 Å². The van der Waals surface area contributed by atoms with Crippen molar-refractivity contribution in [3.8, 4) is 0 Å². The van der Waals surface area contributed by atoms with Crippen LogP contribution in [0, 0.1) is 5.41 Å². The van der Waals surface area contributed by atoms with Gasteiger partial charge in [-0.15, -0.1) is 0 Å². The highest BCUT2D eigenvalue weighted by atomic mass is 16.3. The minimum Gasteiger partial charge on any atom is -0.396 e. The lowest BCUT2D eigenvalue weighted by atomic mass is 9.90. The lowest BCUT2D eigenvalue weighted by Gasteiger charge is -2.23. The smallest absolute Gasteiger partial charge is 0.244 e. The number of rotatable bonds is 7. The molecule has 0 aromatic heterocycles. The van der Waals surface area contributed by atoms with Crippen LogP contribution in [0.15, 0.2) is 30.3 Å². The Morgan fingerprint density at radius 2 is 1.95 bits per heavy atom. The average Bonchev–Trinajstić information content (AvgIpc) is 2.43. The van der Waals surface area contributed by atoms with Crippen LogP contribution in [0.4, 0.5) is 0 Å². The van der Waals surface area contributed by atoms with E-state index >= 15 is 0 Å². The summed E-state index contributed by atoms with van der Waals surface area (Å²) in [4.78, 5) is 11.7. The van der Waals surface area contributed by atoms with E-state index in [9.17, 15) is 4.79 Å². The molecule has 1 aromatic carbocycles. The molecule has 110 valence electrons. The van der Waals surface area contributed by atoms with Crippen molar-refractivity contribution >= 4 is 12.0 Å². The van der Waals surface area contributed by atoms with Crippen LogP contribution in [0.5, 0.6) is 0 Å². The van der Waals surface area contributed by atoms with E-state index in [0.717, 1.165) is 12.0 Å². The van der Waals surface area contributed by atoms with E-state index in [-0.39, 0.29) is 17.9 Å². The topological polar surface area (TPSA) is 49.3 Å². The first-order chi connectivity index (χ1) is 9.46. The lowest BCUT2D eigenvalue weighted by Crippen LogP contribution is -2.33. The first-order valence-corrected chi connectivity index (χ1v) is 7.12. The van der Waals surface area contributed by atoms with Crippen LogP contribution in [-0.2, 0) is 11.2 Å². The SMILES string of the molecule is CCc1ccc(/C=C/C(=O)NCC(C)(C)CCO)cc1. The standard InChI is InChI=1S/C17H25NO2/c1-4-14-5-7-15(8-6-14)9-10-16(20)18-13-17(2,3)11-12-19/h5-10,19H,4,11-13H2,1-3H3,(H,18,20)/b10-9+. The van der Waals surface area contributed by atoms with E-state index in [4.69, 9.17) is 5.11 Å². The maximum Gasteiger partial charge on any atom is 0.244 e. The molecular weight excluding hydrogens is 250 g/mol. The van der Waals surface area contributed by atoms with E-state index in [1.807, 2.05) is 32.1 Å². The molecule has 0 atom stereocenters. The number of amides is 1. The van der Waals surface area contributed by atoms with Crippen LogP contribution in [-0.4, -0.2) is 24.2 Å². The van der Waals surface area contributed by atoms with Gasteiger partial charge in [0.05, 0.1) is 0 Å². The molecule has 3 heteroatoms. The third-order valence-corrected chi connectivity index (χ3v) is 3.34. The number of nitrogens with one attached hydrogen (secondary N) is 1. The normalized spacial score (nSPS) is 11.8. The van der Waals surface area contributed by atoms with Gasteiger partial charge in [-0.3, -0.25) is 4.79 Å². The fraction of sp³-hybridized carbons (Fsp3) is 0.471. The lowest BCUT2D eigenvalue weighted by molar-refractivity contribution is -0.116. The van der Waals surface area contributed by atoms with Gasteiger partial charge in [0, 0.05) is 19.2 Å². The Morgan fingerprint density at radius 1 is 1.30 bits per heavy atom. The quantitative estimate of drug-likeness (QED) is 0.752. The van der Waals surface area contributed by atoms with E-state index in [0.29, 0.717) is 13.0 Å². The molecule has 1 amide bonds. The van der Waals surface area contributed by atoms with Crippen molar-refractivity contribution in [1.29, 1.82) is 0 Å². The Bertz CT molecular complexity index is 447. The zero-order valence-electron chi connectivity index (χ0n) is 12.6. The molecule has 0 bridgehead atoms. The molecule has 0 fully saturated rings. The molecule has 0 aliphatic heterocycles. The molecule has 1 aromatic rings. The summed E-state index contributed by atoms with van der Waals surface area (Å²) in [5, 5.41) is 11.8. The number of carbonyl (C=O) groups excluding carboxylic acids is 1. The summed E-state index contributed by atoms with van der Waals surface area (Å²) < 4.78 is 0. The number of aryl methyl sites for hydroxylation is 1. The van der Waals surface area contributed by atoms with Crippen molar-refractivity contribution in [3.05, 3.63) is 41.5 Å². The first kappa shape index (κ1) is 16.4. The Hall–Kier alpha value is -1.61. The molecule has 1 rings (SSSR count). The Morgan fingerprint density at radius 3 is 2.50 bits per heavy atom. The van der Waals surface area contributed by atoms with Crippen LogP contribution >= 0.6 is 0 Å². The van der Waals surface area contributed by atoms with Gasteiger partial charge in [0.2, 0.25) is 5.91 Å². The Balaban J connectivity index is 2.46. The summed E-state index contributed by atoms with van der Waals surface area (Å²) in [5.74, 6) is -0.101. The highest BCUT2D eigenvalue weighted by molar-refractivity contribution is 5.91. The molecule has 0 aliphatic rings. The molecule has 0 spiro atoms. The van der Waals surface area contributed by atoms with Gasteiger partial charge in [0.25, 0.3) is 0 Å². The van der Waals surface area contributed by atoms with E-state index in [1.54, 1.807) is 6.08 Å². The molecule has 20 heavy (non-hydrogen) atoms. The van der Waals surface area contributed by atoms with Crippen molar-refractivity contribution in [2.75, 3.05) is 13.2 Å². The Kier molecular flexibility index (Phi) is 6.46. The van der Waals surface area contributed by atoms with Gasteiger partial charge >= 0.3 is 0 Å². The highest BCUT2D eigenvalue weighted by Gasteiger charge is 2.17. The summed E-state index contributed by atoms with van der Waals surface area (Å²) in [6.07, 6.45) is 5.06. The molecule has 0 heterocycles. The second kappa shape index (κ2) is 7.85. The summed E-state index contributed by atoms with van der Waals surface area (Å²) in [5.41, 5.74) is 2.23. The number of aliphatic hydroxyl groups is 1.